The molecule has 3 rings (SSSR count). The summed E-state index contributed by atoms with van der Waals surface area (Å²) in [6, 6.07) is 3.24. The lowest BCUT2D eigenvalue weighted by Crippen LogP contribution is -2.22. The maximum absolute atomic E-state index is 12.4. The van der Waals surface area contributed by atoms with Gasteiger partial charge in [-0.1, -0.05) is 6.92 Å². The number of fused-ring (bicyclic) bond motifs is 1. The molecule has 0 atom stereocenters. The van der Waals surface area contributed by atoms with E-state index in [1.807, 2.05) is 6.92 Å². The maximum Gasteiger partial charge on any atom is 0.313 e. The zero-order valence-corrected chi connectivity index (χ0v) is 15.7. The highest BCUT2D eigenvalue weighted by Gasteiger charge is 2.28. The molecular formula is C20H22N2O5. The van der Waals surface area contributed by atoms with Crippen molar-refractivity contribution in [1.82, 2.24) is 9.55 Å². The van der Waals surface area contributed by atoms with Gasteiger partial charge in [-0.05, 0) is 37.5 Å². The van der Waals surface area contributed by atoms with Crippen LogP contribution in [-0.4, -0.2) is 32.8 Å². The van der Waals surface area contributed by atoms with Gasteiger partial charge < -0.3 is 14.4 Å². The third-order valence-corrected chi connectivity index (χ3v) is 4.77. The Balaban J connectivity index is 2.23. The number of rotatable bonds is 4. The number of aliphatic hydroxyl groups excluding tert-OH is 1. The molecule has 27 heavy (non-hydrogen) atoms. The molecule has 1 aromatic heterocycles. The molecule has 0 spiro atoms. The predicted molar refractivity (Wildman–Crippen MR) is 101 cm³/mol. The lowest BCUT2D eigenvalue weighted by atomic mass is 9.89. The number of carbonyl (C=O) groups excluding carboxylic acids is 2. The fourth-order valence-electron chi connectivity index (χ4n) is 3.26. The summed E-state index contributed by atoms with van der Waals surface area (Å²) in [5, 5.41) is 10.7. The molecule has 0 saturated heterocycles. The summed E-state index contributed by atoms with van der Waals surface area (Å²) >= 11 is 0. The van der Waals surface area contributed by atoms with Crippen LogP contribution in [0.5, 0.6) is 5.88 Å². The van der Waals surface area contributed by atoms with Crippen molar-refractivity contribution in [2.24, 2.45) is 7.05 Å². The minimum absolute atomic E-state index is 0.0101. The fraction of sp³-hybridized carbons (Fsp3) is 0.400. The van der Waals surface area contributed by atoms with Crippen LogP contribution in [0.25, 0.3) is 16.8 Å². The van der Waals surface area contributed by atoms with Crippen molar-refractivity contribution < 1.29 is 19.4 Å². The molecule has 1 saturated carbocycles. The molecule has 1 N–H and O–H groups in total. The van der Waals surface area contributed by atoms with Crippen LogP contribution in [0.15, 0.2) is 22.5 Å². The van der Waals surface area contributed by atoms with E-state index < -0.39 is 0 Å². The average molecular weight is 370 g/mol. The molecule has 7 heteroatoms. The lowest BCUT2D eigenvalue weighted by molar-refractivity contribution is -0.123. The van der Waals surface area contributed by atoms with Gasteiger partial charge in [0.1, 0.15) is 11.3 Å². The molecule has 0 amide bonds. The van der Waals surface area contributed by atoms with Crippen molar-refractivity contribution in [3.05, 3.63) is 39.2 Å². The van der Waals surface area contributed by atoms with Gasteiger partial charge in [-0.15, -0.1) is 0 Å². The van der Waals surface area contributed by atoms with E-state index in [-0.39, 0.29) is 47.2 Å². The van der Waals surface area contributed by atoms with Gasteiger partial charge in [0, 0.05) is 25.5 Å². The number of aliphatic hydroxyl groups is 1. The Labute approximate surface area is 156 Å². The third-order valence-electron chi connectivity index (χ3n) is 4.77. The molecule has 1 aliphatic carbocycles. The van der Waals surface area contributed by atoms with Crippen molar-refractivity contribution in [1.29, 1.82) is 0 Å². The molecule has 0 bridgehead atoms. The van der Waals surface area contributed by atoms with Crippen LogP contribution in [0.2, 0.25) is 0 Å². The van der Waals surface area contributed by atoms with E-state index in [2.05, 4.69) is 4.98 Å². The van der Waals surface area contributed by atoms with Crippen molar-refractivity contribution in [3.8, 4) is 5.88 Å². The van der Waals surface area contributed by atoms with Gasteiger partial charge >= 0.3 is 5.56 Å². The van der Waals surface area contributed by atoms with Crippen molar-refractivity contribution in [3.63, 3.8) is 0 Å². The predicted octanol–water partition coefficient (Wildman–Crippen LogP) is 2.62. The topological polar surface area (TPSA) is 98.5 Å². The largest absolute Gasteiger partial charge is 0.506 e. The number of aryl methyl sites for hydroxylation is 2. The molecule has 1 aromatic carbocycles. The second-order valence-corrected chi connectivity index (χ2v) is 6.66. The van der Waals surface area contributed by atoms with Crippen molar-refractivity contribution >= 4 is 28.4 Å². The van der Waals surface area contributed by atoms with Crippen LogP contribution in [0.1, 0.15) is 43.7 Å². The number of aromatic nitrogens is 2. The minimum atomic E-state index is -0.344. The number of hydrogen-bond acceptors (Lipinski definition) is 6. The van der Waals surface area contributed by atoms with Crippen LogP contribution in [0.3, 0.4) is 0 Å². The second kappa shape index (κ2) is 7.34. The summed E-state index contributed by atoms with van der Waals surface area (Å²) < 4.78 is 6.89. The maximum atomic E-state index is 12.4. The van der Waals surface area contributed by atoms with Gasteiger partial charge in [0.25, 0.3) is 5.88 Å². The van der Waals surface area contributed by atoms with Crippen LogP contribution in [0.4, 0.5) is 0 Å². The molecule has 1 aliphatic rings. The molecule has 7 nitrogen and oxygen atoms in total. The zero-order chi connectivity index (χ0) is 19.7. The van der Waals surface area contributed by atoms with Gasteiger partial charge in [0.15, 0.2) is 11.6 Å². The summed E-state index contributed by atoms with van der Waals surface area (Å²) in [7, 11) is 1.62. The van der Waals surface area contributed by atoms with Gasteiger partial charge in [-0.25, -0.2) is 4.98 Å². The summed E-state index contributed by atoms with van der Waals surface area (Å²) in [4.78, 5) is 41.0. The molecule has 142 valence electrons. The van der Waals surface area contributed by atoms with Crippen molar-refractivity contribution in [2.45, 2.75) is 39.5 Å². The highest BCUT2D eigenvalue weighted by atomic mass is 16.5. The molecule has 0 radical (unpaired) electrons. The molecule has 0 aliphatic heterocycles. The summed E-state index contributed by atoms with van der Waals surface area (Å²) in [5.41, 5.74) is 1.49. The molecule has 1 heterocycles. The number of ketones is 2. The average Bonchev–Trinajstić information content (AvgIpc) is 2.64. The van der Waals surface area contributed by atoms with E-state index in [1.54, 1.807) is 26.1 Å². The normalized spacial score (nSPS) is 14.7. The number of hydrogen-bond donors (Lipinski definition) is 1. The zero-order valence-electron chi connectivity index (χ0n) is 15.7. The summed E-state index contributed by atoms with van der Waals surface area (Å²) in [6.45, 7) is 4.02. The van der Waals surface area contributed by atoms with E-state index in [9.17, 15) is 19.5 Å². The van der Waals surface area contributed by atoms with Crippen molar-refractivity contribution in [2.75, 3.05) is 6.61 Å². The van der Waals surface area contributed by atoms with Gasteiger partial charge in [0.2, 0.25) is 0 Å². The first-order chi connectivity index (χ1) is 12.9. The smallest absolute Gasteiger partial charge is 0.313 e. The Hall–Kier alpha value is -2.96. The summed E-state index contributed by atoms with van der Waals surface area (Å²) in [6.07, 6.45) is 1.74. The van der Waals surface area contributed by atoms with Crippen LogP contribution in [0, 0.1) is 6.92 Å². The van der Waals surface area contributed by atoms with E-state index in [4.69, 9.17) is 4.74 Å². The highest BCUT2D eigenvalue weighted by Crippen LogP contribution is 2.29. The Morgan fingerprint density at radius 2 is 1.89 bits per heavy atom. The van der Waals surface area contributed by atoms with Crippen LogP contribution in [-0.2, 0) is 16.6 Å². The molecule has 0 unspecified atom stereocenters. The molecule has 2 aromatic rings. The van der Waals surface area contributed by atoms with Gasteiger partial charge in [-0.2, -0.15) is 0 Å². The number of Topliss-reactive ketones (excluding diaryl/α,β-unsaturated/α-hetero) is 2. The Morgan fingerprint density at radius 3 is 2.52 bits per heavy atom. The highest BCUT2D eigenvalue weighted by molar-refractivity contribution is 6.25. The number of benzene rings is 1. The second-order valence-electron chi connectivity index (χ2n) is 6.66. The quantitative estimate of drug-likeness (QED) is 0.505. The van der Waals surface area contributed by atoms with Gasteiger partial charge in [0.05, 0.1) is 17.6 Å². The number of carbonyl (C=O) groups is 2. The molecule has 1 fully saturated rings. The number of allylic oxidation sites excluding steroid dienone is 1. The molecular weight excluding hydrogens is 348 g/mol. The van der Waals surface area contributed by atoms with E-state index in [0.717, 1.165) is 6.42 Å². The van der Waals surface area contributed by atoms with E-state index in [1.165, 1.54) is 4.57 Å². The minimum Gasteiger partial charge on any atom is -0.506 e. The lowest BCUT2D eigenvalue weighted by Gasteiger charge is -2.16. The van der Waals surface area contributed by atoms with Gasteiger partial charge in [-0.3, -0.25) is 14.4 Å². The summed E-state index contributed by atoms with van der Waals surface area (Å²) in [5.74, 6) is -1.02. The fourth-order valence-corrected chi connectivity index (χ4v) is 3.26. The van der Waals surface area contributed by atoms with Crippen LogP contribution >= 0.6 is 0 Å². The Bertz CT molecular complexity index is 1010. The Kier molecular flexibility index (Phi) is 5.12. The van der Waals surface area contributed by atoms with Crippen LogP contribution < -0.4 is 10.3 Å². The monoisotopic (exact) mass is 370 g/mol. The first-order valence-corrected chi connectivity index (χ1v) is 9.00. The first-order valence-electron chi connectivity index (χ1n) is 9.00. The van der Waals surface area contributed by atoms with E-state index >= 15 is 0 Å². The number of nitrogens with zero attached hydrogens (tertiary/aromatic N) is 2. The Morgan fingerprint density at radius 1 is 1.22 bits per heavy atom. The third kappa shape index (κ3) is 3.25. The first kappa shape index (κ1) is 18.8. The standard InChI is InChI=1S/C20H22N2O5/c1-4-10-27-19-20(26)22(3)13-9-8-12(11(2)17(13)21-19)18(25)16-14(23)6-5-7-15(16)24/h8-9,25H,4-7,10H2,1-3H3. The van der Waals surface area contributed by atoms with E-state index in [0.29, 0.717) is 35.2 Å². The number of ether oxygens (including phenoxy) is 1. The SMILES string of the molecule is CCCOc1nc2c(C)c(C(O)=C3C(=O)CCCC3=O)ccc2n(C)c1=O.